The van der Waals surface area contributed by atoms with E-state index in [0.717, 1.165) is 54.8 Å². The largest absolute Gasteiger partial charge is 0.393 e. The molecule has 30 heavy (non-hydrogen) atoms. The Bertz CT molecular complexity index is 612. The monoisotopic (exact) mass is 418 g/mol. The molecular formula is C28H50O2. The van der Waals surface area contributed by atoms with Crippen molar-refractivity contribution >= 4 is 0 Å². The molecule has 0 radical (unpaired) electrons. The second-order valence-electron chi connectivity index (χ2n) is 13.3. The van der Waals surface area contributed by atoms with Gasteiger partial charge >= 0.3 is 0 Å². The SMILES string of the molecule is CC(C)[C@](C)(O)CC[C@@H](C)[C@H]1CC[C@H]2[C@@H]3CCC4CC(O)CC[C@]4(C)[C@H]3CC[C@]12C. The maximum atomic E-state index is 10.8. The molecule has 0 bridgehead atoms. The molecule has 0 amide bonds. The van der Waals surface area contributed by atoms with Gasteiger partial charge in [-0.25, -0.2) is 0 Å². The molecule has 10 atom stereocenters. The third kappa shape index (κ3) is 3.70. The molecule has 0 aromatic carbocycles. The molecule has 2 unspecified atom stereocenters. The van der Waals surface area contributed by atoms with Crippen molar-refractivity contribution in [2.45, 2.75) is 124 Å². The summed E-state index contributed by atoms with van der Waals surface area (Å²) in [6.45, 7) is 14.1. The Morgan fingerprint density at radius 2 is 1.57 bits per heavy atom. The minimum absolute atomic E-state index is 0.0340. The summed E-state index contributed by atoms with van der Waals surface area (Å²) in [7, 11) is 0. The number of aliphatic hydroxyl groups is 2. The van der Waals surface area contributed by atoms with E-state index in [-0.39, 0.29) is 6.10 Å². The van der Waals surface area contributed by atoms with Crippen molar-refractivity contribution in [1.82, 2.24) is 0 Å². The molecule has 4 aliphatic rings. The standard InChI is InChI=1S/C28H50O2/c1-18(2)28(6,30)16-11-19(3)23-9-10-24-22-8-7-20-17-21(29)12-14-26(20,4)25(22)13-15-27(23,24)5/h18-25,29-30H,7-17H2,1-6H3/t19-,20?,21?,22+,23-,24+,25+,26+,27-,28-/m1/s1. The van der Waals surface area contributed by atoms with Gasteiger partial charge in [0.05, 0.1) is 11.7 Å². The van der Waals surface area contributed by atoms with Gasteiger partial charge in [-0.2, -0.15) is 0 Å². The lowest BCUT2D eigenvalue weighted by atomic mass is 9.44. The van der Waals surface area contributed by atoms with Crippen LogP contribution in [0.25, 0.3) is 0 Å². The van der Waals surface area contributed by atoms with Gasteiger partial charge < -0.3 is 10.2 Å². The average Bonchev–Trinajstić information content (AvgIpc) is 3.04. The highest BCUT2D eigenvalue weighted by atomic mass is 16.3. The quantitative estimate of drug-likeness (QED) is 0.513. The van der Waals surface area contributed by atoms with Crippen LogP contribution in [-0.4, -0.2) is 21.9 Å². The highest BCUT2D eigenvalue weighted by Gasteiger charge is 2.60. The highest BCUT2D eigenvalue weighted by molar-refractivity contribution is 5.09. The first-order chi connectivity index (χ1) is 14.0. The molecule has 0 spiro atoms. The normalized spacial score (nSPS) is 49.1. The van der Waals surface area contributed by atoms with Crippen LogP contribution in [0.3, 0.4) is 0 Å². The van der Waals surface area contributed by atoms with Crippen LogP contribution in [0.4, 0.5) is 0 Å². The molecule has 0 aromatic heterocycles. The average molecular weight is 419 g/mol. The van der Waals surface area contributed by atoms with Crippen molar-refractivity contribution in [3.05, 3.63) is 0 Å². The Hall–Kier alpha value is -0.0800. The summed E-state index contributed by atoms with van der Waals surface area (Å²) in [6.07, 6.45) is 13.9. The second kappa shape index (κ2) is 8.05. The van der Waals surface area contributed by atoms with E-state index < -0.39 is 5.60 Å². The molecule has 2 nitrogen and oxygen atoms in total. The fraction of sp³-hybridized carbons (Fsp3) is 1.00. The minimum Gasteiger partial charge on any atom is -0.393 e. The lowest BCUT2D eigenvalue weighted by molar-refractivity contribution is -0.129. The van der Waals surface area contributed by atoms with Crippen LogP contribution >= 0.6 is 0 Å². The molecule has 0 aliphatic heterocycles. The van der Waals surface area contributed by atoms with Gasteiger partial charge in [0.2, 0.25) is 0 Å². The number of hydrogen-bond acceptors (Lipinski definition) is 2. The van der Waals surface area contributed by atoms with Gasteiger partial charge in [0.25, 0.3) is 0 Å². The van der Waals surface area contributed by atoms with Crippen molar-refractivity contribution in [2.75, 3.05) is 0 Å². The van der Waals surface area contributed by atoms with Gasteiger partial charge in [-0.15, -0.1) is 0 Å². The van der Waals surface area contributed by atoms with Crippen LogP contribution in [-0.2, 0) is 0 Å². The van der Waals surface area contributed by atoms with Crippen LogP contribution in [0.5, 0.6) is 0 Å². The first-order valence-corrected chi connectivity index (χ1v) is 13.4. The first-order valence-electron chi connectivity index (χ1n) is 13.4. The zero-order valence-corrected chi connectivity index (χ0v) is 20.8. The van der Waals surface area contributed by atoms with Gasteiger partial charge in [0.15, 0.2) is 0 Å². The summed E-state index contributed by atoms with van der Waals surface area (Å²) in [5, 5.41) is 21.0. The van der Waals surface area contributed by atoms with Crippen LogP contribution in [0.15, 0.2) is 0 Å². The van der Waals surface area contributed by atoms with Gasteiger partial charge in [0.1, 0.15) is 0 Å². The van der Waals surface area contributed by atoms with E-state index in [1.165, 1.54) is 51.4 Å². The van der Waals surface area contributed by atoms with Crippen molar-refractivity contribution < 1.29 is 10.2 Å². The maximum absolute atomic E-state index is 10.8. The lowest BCUT2D eigenvalue weighted by Gasteiger charge is -2.61. The van der Waals surface area contributed by atoms with Crippen LogP contribution in [0.2, 0.25) is 0 Å². The molecule has 0 heterocycles. The van der Waals surface area contributed by atoms with E-state index in [1.54, 1.807) is 0 Å². The predicted octanol–water partition coefficient (Wildman–Crippen LogP) is 6.83. The fourth-order valence-corrected chi connectivity index (χ4v) is 9.22. The van der Waals surface area contributed by atoms with Crippen molar-refractivity contribution in [3.8, 4) is 0 Å². The van der Waals surface area contributed by atoms with Crippen molar-refractivity contribution in [2.24, 2.45) is 52.3 Å². The molecule has 0 saturated heterocycles. The second-order valence-corrected chi connectivity index (χ2v) is 13.3. The highest BCUT2D eigenvalue weighted by Crippen LogP contribution is 2.68. The summed E-state index contributed by atoms with van der Waals surface area (Å²) < 4.78 is 0. The van der Waals surface area contributed by atoms with Crippen molar-refractivity contribution in [3.63, 3.8) is 0 Å². The molecule has 2 N–H and O–H groups in total. The third-order valence-electron chi connectivity index (χ3n) is 11.7. The number of hydrogen-bond donors (Lipinski definition) is 2. The third-order valence-corrected chi connectivity index (χ3v) is 11.7. The minimum atomic E-state index is -0.524. The number of fused-ring (bicyclic) bond motifs is 5. The summed E-state index contributed by atoms with van der Waals surface area (Å²) in [5.41, 5.74) is 0.480. The molecule has 0 aromatic rings. The molecule has 174 valence electrons. The van der Waals surface area contributed by atoms with Crippen LogP contribution < -0.4 is 0 Å². The van der Waals surface area contributed by atoms with Gasteiger partial charge in [-0.3, -0.25) is 0 Å². The Morgan fingerprint density at radius 1 is 0.900 bits per heavy atom. The summed E-state index contributed by atoms with van der Waals surface area (Å²) in [4.78, 5) is 0. The first kappa shape index (κ1) is 23.1. The molecular weight excluding hydrogens is 368 g/mol. The lowest BCUT2D eigenvalue weighted by Crippen LogP contribution is -2.54. The number of rotatable bonds is 5. The Labute approximate surface area is 186 Å². The van der Waals surface area contributed by atoms with Gasteiger partial charge in [-0.1, -0.05) is 34.6 Å². The van der Waals surface area contributed by atoms with Gasteiger partial charge in [-0.05, 0) is 130 Å². The number of aliphatic hydroxyl groups excluding tert-OH is 1. The zero-order valence-electron chi connectivity index (χ0n) is 20.8. The maximum Gasteiger partial charge on any atom is 0.0642 e. The smallest absolute Gasteiger partial charge is 0.0642 e. The fourth-order valence-electron chi connectivity index (χ4n) is 9.22. The Balaban J connectivity index is 1.46. The topological polar surface area (TPSA) is 40.5 Å². The van der Waals surface area contributed by atoms with E-state index in [1.807, 2.05) is 6.92 Å². The molecule has 4 aliphatic carbocycles. The van der Waals surface area contributed by atoms with Gasteiger partial charge in [0, 0.05) is 0 Å². The zero-order chi connectivity index (χ0) is 21.9. The molecule has 2 heteroatoms. The Morgan fingerprint density at radius 3 is 2.27 bits per heavy atom. The summed E-state index contributed by atoms with van der Waals surface area (Å²) in [6, 6.07) is 0. The molecule has 4 saturated carbocycles. The predicted molar refractivity (Wildman–Crippen MR) is 125 cm³/mol. The van der Waals surface area contributed by atoms with E-state index in [9.17, 15) is 10.2 Å². The molecule has 4 rings (SSSR count). The summed E-state index contributed by atoms with van der Waals surface area (Å²) >= 11 is 0. The van der Waals surface area contributed by atoms with Crippen molar-refractivity contribution in [1.29, 1.82) is 0 Å². The van der Waals surface area contributed by atoms with E-state index in [2.05, 4.69) is 34.6 Å². The van der Waals surface area contributed by atoms with E-state index in [0.29, 0.717) is 16.7 Å². The van der Waals surface area contributed by atoms with E-state index in [4.69, 9.17) is 0 Å². The van der Waals surface area contributed by atoms with Crippen LogP contribution in [0.1, 0.15) is 112 Å². The van der Waals surface area contributed by atoms with Crippen LogP contribution in [0, 0.1) is 52.3 Å². The Kier molecular flexibility index (Phi) is 6.20. The molecule has 4 fully saturated rings. The van der Waals surface area contributed by atoms with E-state index >= 15 is 0 Å². The summed E-state index contributed by atoms with van der Waals surface area (Å²) in [5.74, 6) is 5.40.